The number of hydrogen-bond donors (Lipinski definition) is 3. The summed E-state index contributed by atoms with van der Waals surface area (Å²) in [4.78, 5) is 8.68. The third-order valence-corrected chi connectivity index (χ3v) is 3.12. The van der Waals surface area contributed by atoms with Gasteiger partial charge in [-0.05, 0) is 24.1 Å². The van der Waals surface area contributed by atoms with Crippen LogP contribution in [0.4, 0.5) is 11.6 Å². The number of ether oxygens (including phenoxy) is 1. The molecular weight excluding hydrogens is 266 g/mol. The summed E-state index contributed by atoms with van der Waals surface area (Å²) in [5, 5.41) is 3.29. The van der Waals surface area contributed by atoms with Gasteiger partial charge >= 0.3 is 0 Å². The molecule has 0 fully saturated rings. The molecular formula is C15H21N5O. The third-order valence-electron chi connectivity index (χ3n) is 3.12. The number of rotatable bonds is 7. The van der Waals surface area contributed by atoms with Gasteiger partial charge in [0.2, 0.25) is 0 Å². The predicted molar refractivity (Wildman–Crippen MR) is 84.4 cm³/mol. The Morgan fingerprint density at radius 2 is 1.86 bits per heavy atom. The lowest BCUT2D eigenvalue weighted by Gasteiger charge is -2.09. The van der Waals surface area contributed by atoms with Crippen LogP contribution in [-0.4, -0.2) is 23.6 Å². The zero-order chi connectivity index (χ0) is 15.1. The van der Waals surface area contributed by atoms with Crippen LogP contribution in [0, 0.1) is 0 Å². The Hall–Kier alpha value is -2.34. The SMILES string of the molecule is CCc1nc(NN)cc(NCCc2ccc(OC)cc2)n1. The molecule has 0 aliphatic carbocycles. The average Bonchev–Trinajstić information content (AvgIpc) is 2.55. The normalized spacial score (nSPS) is 10.2. The van der Waals surface area contributed by atoms with Crippen LogP contribution in [-0.2, 0) is 12.8 Å². The van der Waals surface area contributed by atoms with E-state index in [2.05, 4.69) is 32.8 Å². The monoisotopic (exact) mass is 287 g/mol. The largest absolute Gasteiger partial charge is 0.497 e. The van der Waals surface area contributed by atoms with Crippen LogP contribution in [0.1, 0.15) is 18.3 Å². The fourth-order valence-corrected chi connectivity index (χ4v) is 1.95. The summed E-state index contributed by atoms with van der Waals surface area (Å²) in [6, 6.07) is 9.85. The van der Waals surface area contributed by atoms with Gasteiger partial charge in [-0.1, -0.05) is 19.1 Å². The molecule has 0 amide bonds. The Labute approximate surface area is 124 Å². The van der Waals surface area contributed by atoms with Gasteiger partial charge in [0, 0.05) is 19.0 Å². The predicted octanol–water partition coefficient (Wildman–Crippen LogP) is 1.99. The van der Waals surface area contributed by atoms with E-state index in [9.17, 15) is 0 Å². The molecule has 1 heterocycles. The van der Waals surface area contributed by atoms with E-state index in [0.717, 1.165) is 36.8 Å². The molecule has 0 aliphatic heterocycles. The fraction of sp³-hybridized carbons (Fsp3) is 0.333. The van der Waals surface area contributed by atoms with Gasteiger partial charge in [0.25, 0.3) is 0 Å². The van der Waals surface area contributed by atoms with Gasteiger partial charge in [0.05, 0.1) is 7.11 Å². The first-order chi connectivity index (χ1) is 10.2. The number of nitrogens with zero attached hydrogens (tertiary/aromatic N) is 2. The summed E-state index contributed by atoms with van der Waals surface area (Å²) in [5.74, 6) is 8.44. The molecule has 6 nitrogen and oxygen atoms in total. The van der Waals surface area contributed by atoms with Crippen molar-refractivity contribution >= 4 is 11.6 Å². The molecule has 0 atom stereocenters. The van der Waals surface area contributed by atoms with Crippen LogP contribution < -0.4 is 21.3 Å². The molecule has 0 saturated heterocycles. The molecule has 6 heteroatoms. The van der Waals surface area contributed by atoms with E-state index < -0.39 is 0 Å². The highest BCUT2D eigenvalue weighted by molar-refractivity contribution is 5.47. The number of anilines is 2. The number of hydrazine groups is 1. The highest BCUT2D eigenvalue weighted by atomic mass is 16.5. The standard InChI is InChI=1S/C15H21N5O/c1-3-13-18-14(10-15(19-13)20-16)17-9-8-11-4-6-12(21-2)7-5-11/h4-7,10H,3,8-9,16H2,1-2H3,(H2,17,18,19,20). The van der Waals surface area contributed by atoms with Crippen LogP contribution >= 0.6 is 0 Å². The van der Waals surface area contributed by atoms with E-state index in [0.29, 0.717) is 5.82 Å². The highest BCUT2D eigenvalue weighted by Gasteiger charge is 2.02. The maximum atomic E-state index is 5.41. The zero-order valence-electron chi connectivity index (χ0n) is 12.4. The summed E-state index contributed by atoms with van der Waals surface area (Å²) < 4.78 is 5.14. The van der Waals surface area contributed by atoms with Crippen LogP contribution in [0.15, 0.2) is 30.3 Å². The lowest BCUT2D eigenvalue weighted by atomic mass is 10.1. The molecule has 112 valence electrons. The summed E-state index contributed by atoms with van der Waals surface area (Å²) >= 11 is 0. The summed E-state index contributed by atoms with van der Waals surface area (Å²) in [6.07, 6.45) is 1.67. The number of nitrogens with two attached hydrogens (primary N) is 1. The summed E-state index contributed by atoms with van der Waals surface area (Å²) in [7, 11) is 1.67. The second kappa shape index (κ2) is 7.44. The topological polar surface area (TPSA) is 85.1 Å². The lowest BCUT2D eigenvalue weighted by Crippen LogP contribution is -2.13. The molecule has 0 bridgehead atoms. The maximum Gasteiger partial charge on any atom is 0.145 e. The number of nitrogen functional groups attached to an aromatic ring is 1. The van der Waals surface area contributed by atoms with Crippen molar-refractivity contribution < 1.29 is 4.74 Å². The second-order valence-electron chi connectivity index (χ2n) is 4.58. The second-order valence-corrected chi connectivity index (χ2v) is 4.58. The molecule has 2 aromatic rings. The Morgan fingerprint density at radius 1 is 1.14 bits per heavy atom. The molecule has 1 aromatic heterocycles. The Morgan fingerprint density at radius 3 is 2.48 bits per heavy atom. The number of benzene rings is 1. The number of nitrogens with one attached hydrogen (secondary N) is 2. The minimum atomic E-state index is 0.619. The van der Waals surface area contributed by atoms with E-state index in [1.54, 1.807) is 13.2 Å². The number of hydrogen-bond acceptors (Lipinski definition) is 6. The Balaban J connectivity index is 1.93. The van der Waals surface area contributed by atoms with E-state index in [-0.39, 0.29) is 0 Å². The van der Waals surface area contributed by atoms with Crippen molar-refractivity contribution in [2.24, 2.45) is 5.84 Å². The first-order valence-electron chi connectivity index (χ1n) is 6.96. The van der Waals surface area contributed by atoms with Crippen LogP contribution in [0.5, 0.6) is 5.75 Å². The van der Waals surface area contributed by atoms with Crippen molar-refractivity contribution in [1.82, 2.24) is 9.97 Å². The smallest absolute Gasteiger partial charge is 0.145 e. The molecule has 2 rings (SSSR count). The number of methoxy groups -OCH3 is 1. The van der Waals surface area contributed by atoms with Gasteiger partial charge in [-0.25, -0.2) is 15.8 Å². The highest BCUT2D eigenvalue weighted by Crippen LogP contribution is 2.13. The van der Waals surface area contributed by atoms with Crippen LogP contribution in [0.2, 0.25) is 0 Å². The van der Waals surface area contributed by atoms with Crippen molar-refractivity contribution in [2.45, 2.75) is 19.8 Å². The van der Waals surface area contributed by atoms with Gasteiger partial charge in [-0.3, -0.25) is 0 Å². The fourth-order valence-electron chi connectivity index (χ4n) is 1.95. The van der Waals surface area contributed by atoms with Gasteiger partial charge < -0.3 is 15.5 Å². The minimum absolute atomic E-state index is 0.619. The third kappa shape index (κ3) is 4.32. The van der Waals surface area contributed by atoms with Crippen molar-refractivity contribution in [1.29, 1.82) is 0 Å². The number of aryl methyl sites for hydroxylation is 1. The summed E-state index contributed by atoms with van der Waals surface area (Å²) in [6.45, 7) is 2.80. The van der Waals surface area contributed by atoms with E-state index in [1.807, 2.05) is 19.1 Å². The quantitative estimate of drug-likeness (QED) is 0.533. The van der Waals surface area contributed by atoms with Crippen molar-refractivity contribution in [3.63, 3.8) is 0 Å². The Bertz CT molecular complexity index is 549. The van der Waals surface area contributed by atoms with Gasteiger partial charge in [0.15, 0.2) is 0 Å². The maximum absolute atomic E-state index is 5.41. The van der Waals surface area contributed by atoms with Crippen LogP contribution in [0.3, 0.4) is 0 Å². The van der Waals surface area contributed by atoms with E-state index >= 15 is 0 Å². The van der Waals surface area contributed by atoms with Gasteiger partial charge in [0.1, 0.15) is 23.2 Å². The van der Waals surface area contributed by atoms with E-state index in [4.69, 9.17) is 10.6 Å². The van der Waals surface area contributed by atoms with E-state index in [1.165, 1.54) is 5.56 Å². The van der Waals surface area contributed by atoms with Crippen molar-refractivity contribution in [3.05, 3.63) is 41.7 Å². The lowest BCUT2D eigenvalue weighted by molar-refractivity contribution is 0.414. The molecule has 0 unspecified atom stereocenters. The van der Waals surface area contributed by atoms with Crippen molar-refractivity contribution in [3.8, 4) is 5.75 Å². The summed E-state index contributed by atoms with van der Waals surface area (Å²) in [5.41, 5.74) is 3.80. The average molecular weight is 287 g/mol. The molecule has 1 aromatic carbocycles. The first-order valence-corrected chi connectivity index (χ1v) is 6.96. The Kier molecular flexibility index (Phi) is 5.34. The number of aromatic nitrogens is 2. The van der Waals surface area contributed by atoms with Gasteiger partial charge in [-0.15, -0.1) is 0 Å². The molecule has 21 heavy (non-hydrogen) atoms. The molecule has 0 radical (unpaired) electrons. The van der Waals surface area contributed by atoms with Crippen molar-refractivity contribution in [2.75, 3.05) is 24.4 Å². The zero-order valence-corrected chi connectivity index (χ0v) is 12.4. The van der Waals surface area contributed by atoms with Crippen LogP contribution in [0.25, 0.3) is 0 Å². The molecule has 0 spiro atoms. The van der Waals surface area contributed by atoms with Gasteiger partial charge in [-0.2, -0.15) is 0 Å². The molecule has 0 saturated carbocycles. The molecule has 0 aliphatic rings. The minimum Gasteiger partial charge on any atom is -0.497 e. The first kappa shape index (κ1) is 15.1. The molecule has 4 N–H and O–H groups in total.